The summed E-state index contributed by atoms with van der Waals surface area (Å²) in [5.41, 5.74) is 0.682. The van der Waals surface area contributed by atoms with Crippen LogP contribution in [0.5, 0.6) is 0 Å². The number of hydrogen-bond donors (Lipinski definition) is 2. The molecular weight excluding hydrogens is 326 g/mol. The summed E-state index contributed by atoms with van der Waals surface area (Å²) in [6, 6.07) is 5.58. The van der Waals surface area contributed by atoms with E-state index in [9.17, 15) is 0 Å². The summed E-state index contributed by atoms with van der Waals surface area (Å²) in [5.74, 6) is 0. The minimum atomic E-state index is -1.38. The Kier molecular flexibility index (Phi) is 6.36. The molecule has 0 atom stereocenters. The molecule has 0 saturated carbocycles. The van der Waals surface area contributed by atoms with Crippen LogP contribution in [0.25, 0.3) is 0 Å². The summed E-state index contributed by atoms with van der Waals surface area (Å²) in [7, 11) is -0.438. The third-order valence-electron chi connectivity index (χ3n) is 2.19. The fourth-order valence-electron chi connectivity index (χ4n) is 1.40. The standard InChI is InChI=1S/C11H9Cl3S2.Na.H/c12-11(13,14)8-3-4-9(15)10(7-8)16-5-1-2-6-16;;/h1-7,15-16H;;. The average Bonchev–Trinajstić information content (AvgIpc) is 2.69. The molecule has 88 valence electrons. The van der Waals surface area contributed by atoms with Gasteiger partial charge >= 0.3 is 29.6 Å². The topological polar surface area (TPSA) is 0 Å². The molecule has 0 amide bonds. The van der Waals surface area contributed by atoms with Gasteiger partial charge in [-0.1, -0.05) is 53.0 Å². The molecule has 1 aromatic carbocycles. The quantitative estimate of drug-likeness (QED) is 0.420. The van der Waals surface area contributed by atoms with Crippen molar-refractivity contribution in [3.05, 3.63) is 46.7 Å². The van der Waals surface area contributed by atoms with E-state index in [1.165, 1.54) is 0 Å². The van der Waals surface area contributed by atoms with Crippen LogP contribution in [0.2, 0.25) is 0 Å². The summed E-state index contributed by atoms with van der Waals surface area (Å²) >= 11 is 22.0. The molecule has 1 aromatic rings. The van der Waals surface area contributed by atoms with Gasteiger partial charge in [-0.05, 0) is 22.9 Å². The van der Waals surface area contributed by atoms with Crippen LogP contribution in [0.3, 0.4) is 0 Å². The van der Waals surface area contributed by atoms with E-state index < -0.39 is 14.7 Å². The Balaban J connectivity index is 0.00000144. The molecule has 1 heterocycles. The Morgan fingerprint density at radius 2 is 1.65 bits per heavy atom. The van der Waals surface area contributed by atoms with Gasteiger partial charge in [-0.3, -0.25) is 0 Å². The van der Waals surface area contributed by atoms with E-state index in [4.69, 9.17) is 34.8 Å². The zero-order chi connectivity index (χ0) is 11.8. The van der Waals surface area contributed by atoms with E-state index >= 15 is 0 Å². The molecule has 0 saturated heterocycles. The van der Waals surface area contributed by atoms with Crippen LogP contribution in [0.4, 0.5) is 0 Å². The fourth-order valence-corrected chi connectivity index (χ4v) is 3.86. The first-order valence-corrected chi connectivity index (χ1v) is 7.58. The van der Waals surface area contributed by atoms with Gasteiger partial charge in [0.15, 0.2) is 0 Å². The predicted octanol–water partition coefficient (Wildman–Crippen LogP) is 4.55. The number of rotatable bonds is 1. The summed E-state index contributed by atoms with van der Waals surface area (Å²) in [6.45, 7) is 0. The molecule has 6 heteroatoms. The predicted molar refractivity (Wildman–Crippen MR) is 85.6 cm³/mol. The molecule has 0 bridgehead atoms. The van der Waals surface area contributed by atoms with Gasteiger partial charge in [0.05, 0.1) is 0 Å². The molecule has 0 unspecified atom stereocenters. The number of benzene rings is 1. The molecule has 0 radical (unpaired) electrons. The molecule has 1 aliphatic heterocycles. The van der Waals surface area contributed by atoms with Gasteiger partial charge in [0.2, 0.25) is 3.79 Å². The van der Waals surface area contributed by atoms with E-state index in [-0.39, 0.29) is 29.6 Å². The summed E-state index contributed by atoms with van der Waals surface area (Å²) in [5, 5.41) is 4.29. The molecule has 17 heavy (non-hydrogen) atoms. The Hall–Kier alpha value is 1.27. The Labute approximate surface area is 146 Å². The van der Waals surface area contributed by atoms with Gasteiger partial charge in [-0.25, -0.2) is 0 Å². The molecular formula is C11H10Cl3NaS2. The van der Waals surface area contributed by atoms with Crippen LogP contribution in [0, 0.1) is 0 Å². The van der Waals surface area contributed by atoms with Gasteiger partial charge in [0.1, 0.15) is 0 Å². The maximum absolute atomic E-state index is 5.87. The molecule has 0 spiro atoms. The van der Waals surface area contributed by atoms with Crippen molar-refractivity contribution in [2.75, 3.05) is 0 Å². The average molecular weight is 336 g/mol. The van der Waals surface area contributed by atoms with Crippen LogP contribution < -0.4 is 0 Å². The Morgan fingerprint density at radius 1 is 1.06 bits per heavy atom. The summed E-state index contributed by atoms with van der Waals surface area (Å²) < 4.78 is -1.38. The Bertz CT molecular complexity index is 454. The first-order chi connectivity index (χ1) is 7.48. The van der Waals surface area contributed by atoms with E-state index in [1.807, 2.05) is 24.3 Å². The molecule has 0 nitrogen and oxygen atoms in total. The van der Waals surface area contributed by atoms with E-state index in [1.54, 1.807) is 6.07 Å². The van der Waals surface area contributed by atoms with Crippen LogP contribution in [0.15, 0.2) is 51.0 Å². The molecule has 0 fully saturated rings. The molecule has 0 N–H and O–H groups in total. The molecule has 0 aromatic heterocycles. The zero-order valence-corrected chi connectivity index (χ0v) is 12.1. The molecule has 2 rings (SSSR count). The molecule has 1 aliphatic rings. The van der Waals surface area contributed by atoms with E-state index in [0.29, 0.717) is 5.56 Å². The third-order valence-corrected chi connectivity index (χ3v) is 5.32. The van der Waals surface area contributed by atoms with Crippen LogP contribution in [0.1, 0.15) is 5.56 Å². The second kappa shape index (κ2) is 6.62. The molecule has 0 aliphatic carbocycles. The summed E-state index contributed by atoms with van der Waals surface area (Å²) in [4.78, 5) is 2.05. The van der Waals surface area contributed by atoms with Crippen LogP contribution >= 0.6 is 58.3 Å². The minimum absolute atomic E-state index is 0. The zero-order valence-electron chi connectivity index (χ0n) is 8.07. The van der Waals surface area contributed by atoms with Crippen molar-refractivity contribution in [3.63, 3.8) is 0 Å². The van der Waals surface area contributed by atoms with Gasteiger partial charge in [0.25, 0.3) is 0 Å². The van der Waals surface area contributed by atoms with Gasteiger partial charge < -0.3 is 0 Å². The van der Waals surface area contributed by atoms with Crippen molar-refractivity contribution >= 4 is 87.9 Å². The van der Waals surface area contributed by atoms with Crippen molar-refractivity contribution in [2.24, 2.45) is 0 Å². The second-order valence-electron chi connectivity index (χ2n) is 3.29. The number of alkyl halides is 3. The number of halogens is 3. The second-order valence-corrected chi connectivity index (χ2v) is 7.95. The van der Waals surface area contributed by atoms with Gasteiger partial charge in [-0.15, -0.1) is 12.6 Å². The normalized spacial score (nSPS) is 16.1. The van der Waals surface area contributed by atoms with Crippen molar-refractivity contribution in [3.8, 4) is 0 Å². The third kappa shape index (κ3) is 4.12. The monoisotopic (exact) mass is 334 g/mol. The Morgan fingerprint density at radius 3 is 2.18 bits per heavy atom. The SMILES string of the molecule is Sc1ccc(C(Cl)(Cl)Cl)cc1[SH]1C=CC=C1.[NaH]. The fraction of sp³-hybridized carbons (Fsp3) is 0.0909. The van der Waals surface area contributed by atoms with Gasteiger partial charge in [0, 0.05) is 15.4 Å². The van der Waals surface area contributed by atoms with E-state index in [0.717, 1.165) is 9.79 Å². The van der Waals surface area contributed by atoms with Crippen molar-refractivity contribution in [1.29, 1.82) is 0 Å². The first-order valence-electron chi connectivity index (χ1n) is 4.52. The number of thiol groups is 2. The summed E-state index contributed by atoms with van der Waals surface area (Å²) in [6.07, 6.45) is 4.06. The van der Waals surface area contributed by atoms with Crippen LogP contribution in [-0.2, 0) is 3.79 Å². The van der Waals surface area contributed by atoms with Crippen LogP contribution in [-0.4, -0.2) is 29.6 Å². The first kappa shape index (κ1) is 16.3. The van der Waals surface area contributed by atoms with Crippen molar-refractivity contribution in [1.82, 2.24) is 0 Å². The van der Waals surface area contributed by atoms with Gasteiger partial charge in [-0.2, -0.15) is 10.9 Å². The van der Waals surface area contributed by atoms with E-state index in [2.05, 4.69) is 23.4 Å². The van der Waals surface area contributed by atoms with Crippen molar-refractivity contribution in [2.45, 2.75) is 13.6 Å². The number of hydrogen-bond acceptors (Lipinski definition) is 1. The van der Waals surface area contributed by atoms with Crippen molar-refractivity contribution < 1.29 is 0 Å². The maximum atomic E-state index is 5.87. The number of allylic oxidation sites excluding steroid dienone is 2.